The first kappa shape index (κ1) is 12.5. The van der Waals surface area contributed by atoms with Crippen LogP contribution in [0.25, 0.3) is 0 Å². The van der Waals surface area contributed by atoms with Gasteiger partial charge in [0.25, 0.3) is 0 Å². The highest BCUT2D eigenvalue weighted by molar-refractivity contribution is 7.15. The van der Waals surface area contributed by atoms with E-state index in [1.54, 1.807) is 11.3 Å². The van der Waals surface area contributed by atoms with Gasteiger partial charge in [0.1, 0.15) is 0 Å². The van der Waals surface area contributed by atoms with Crippen LogP contribution < -0.4 is 10.2 Å². The van der Waals surface area contributed by atoms with Gasteiger partial charge in [0.05, 0.1) is 5.69 Å². The molecule has 0 amide bonds. The largest absolute Gasteiger partial charge is 0.349 e. The molecule has 3 nitrogen and oxygen atoms in total. The van der Waals surface area contributed by atoms with Crippen molar-refractivity contribution in [3.63, 3.8) is 0 Å². The SMILES string of the molecule is CCNCc1sc(N(C)C(C)C)nc1C. The monoisotopic (exact) mass is 227 g/mol. The molecular weight excluding hydrogens is 206 g/mol. The summed E-state index contributed by atoms with van der Waals surface area (Å²) >= 11 is 1.79. The minimum absolute atomic E-state index is 0.502. The van der Waals surface area contributed by atoms with E-state index in [9.17, 15) is 0 Å². The second kappa shape index (κ2) is 5.47. The van der Waals surface area contributed by atoms with Gasteiger partial charge >= 0.3 is 0 Å². The van der Waals surface area contributed by atoms with E-state index in [1.165, 1.54) is 4.88 Å². The quantitative estimate of drug-likeness (QED) is 0.837. The van der Waals surface area contributed by atoms with Crippen molar-refractivity contribution in [1.29, 1.82) is 0 Å². The Labute approximate surface area is 96.5 Å². The summed E-state index contributed by atoms with van der Waals surface area (Å²) in [6.45, 7) is 10.5. The van der Waals surface area contributed by atoms with E-state index in [2.05, 4.69) is 49.9 Å². The second-order valence-electron chi connectivity index (χ2n) is 3.99. The maximum atomic E-state index is 4.59. The van der Waals surface area contributed by atoms with Gasteiger partial charge in [-0.25, -0.2) is 4.98 Å². The number of anilines is 1. The van der Waals surface area contributed by atoms with Crippen LogP contribution in [0.2, 0.25) is 0 Å². The van der Waals surface area contributed by atoms with Crippen LogP contribution in [0.4, 0.5) is 5.13 Å². The summed E-state index contributed by atoms with van der Waals surface area (Å²) in [6, 6.07) is 0.502. The van der Waals surface area contributed by atoms with E-state index in [0.717, 1.165) is 23.9 Å². The molecule has 0 bridgehead atoms. The predicted octanol–water partition coefficient (Wildman–Crippen LogP) is 2.41. The van der Waals surface area contributed by atoms with Crippen molar-refractivity contribution in [2.45, 2.75) is 40.3 Å². The maximum absolute atomic E-state index is 4.59. The predicted molar refractivity (Wildman–Crippen MR) is 67.8 cm³/mol. The van der Waals surface area contributed by atoms with Crippen molar-refractivity contribution in [3.05, 3.63) is 10.6 Å². The Balaban J connectivity index is 2.76. The molecule has 0 spiro atoms. The van der Waals surface area contributed by atoms with Gasteiger partial charge in [-0.1, -0.05) is 6.92 Å². The second-order valence-corrected chi connectivity index (χ2v) is 5.05. The molecule has 4 heteroatoms. The summed E-state index contributed by atoms with van der Waals surface area (Å²) < 4.78 is 0. The highest BCUT2D eigenvalue weighted by Gasteiger charge is 2.12. The smallest absolute Gasteiger partial charge is 0.185 e. The molecule has 0 fully saturated rings. The Morgan fingerprint density at radius 1 is 1.47 bits per heavy atom. The van der Waals surface area contributed by atoms with Gasteiger partial charge < -0.3 is 10.2 Å². The van der Waals surface area contributed by atoms with Crippen LogP contribution in [0.15, 0.2) is 0 Å². The highest BCUT2D eigenvalue weighted by Crippen LogP contribution is 2.26. The first-order valence-corrected chi connectivity index (χ1v) is 6.27. The zero-order valence-corrected chi connectivity index (χ0v) is 11.1. The third kappa shape index (κ3) is 3.18. The molecule has 0 aliphatic heterocycles. The summed E-state index contributed by atoms with van der Waals surface area (Å²) in [5.74, 6) is 0. The molecule has 0 saturated carbocycles. The molecule has 0 aliphatic rings. The van der Waals surface area contributed by atoms with Gasteiger partial charge in [-0.15, -0.1) is 11.3 Å². The Morgan fingerprint density at radius 3 is 2.67 bits per heavy atom. The zero-order chi connectivity index (χ0) is 11.4. The lowest BCUT2D eigenvalue weighted by molar-refractivity contribution is 0.730. The number of hydrogen-bond donors (Lipinski definition) is 1. The van der Waals surface area contributed by atoms with E-state index in [0.29, 0.717) is 6.04 Å². The van der Waals surface area contributed by atoms with Crippen molar-refractivity contribution in [3.8, 4) is 0 Å². The molecule has 0 aromatic carbocycles. The molecule has 1 aromatic heterocycles. The van der Waals surface area contributed by atoms with Crippen LogP contribution in [-0.2, 0) is 6.54 Å². The van der Waals surface area contributed by atoms with E-state index in [-0.39, 0.29) is 0 Å². The Bertz CT molecular complexity index is 307. The van der Waals surface area contributed by atoms with Gasteiger partial charge in [0.2, 0.25) is 0 Å². The number of thiazole rings is 1. The molecule has 86 valence electrons. The normalized spacial score (nSPS) is 11.1. The standard InChI is InChI=1S/C11H21N3S/c1-6-12-7-10-9(4)13-11(15-10)14(5)8(2)3/h8,12H,6-7H2,1-5H3. The first-order valence-electron chi connectivity index (χ1n) is 5.46. The number of nitrogens with zero attached hydrogens (tertiary/aromatic N) is 2. The fraction of sp³-hybridized carbons (Fsp3) is 0.727. The van der Waals surface area contributed by atoms with E-state index in [4.69, 9.17) is 0 Å². The molecule has 1 rings (SSSR count). The summed E-state index contributed by atoms with van der Waals surface area (Å²) in [6.07, 6.45) is 0. The molecule has 1 aromatic rings. The molecule has 1 heterocycles. The first-order chi connectivity index (χ1) is 7.06. The number of nitrogens with one attached hydrogen (secondary N) is 1. The minimum atomic E-state index is 0.502. The lowest BCUT2D eigenvalue weighted by Crippen LogP contribution is -2.25. The van der Waals surface area contributed by atoms with Gasteiger partial charge in [0, 0.05) is 24.5 Å². The molecule has 15 heavy (non-hydrogen) atoms. The minimum Gasteiger partial charge on any atom is -0.349 e. The number of aromatic nitrogens is 1. The summed E-state index contributed by atoms with van der Waals surface area (Å²) in [5, 5.41) is 4.46. The summed E-state index contributed by atoms with van der Waals surface area (Å²) in [7, 11) is 2.10. The molecule has 0 unspecified atom stereocenters. The summed E-state index contributed by atoms with van der Waals surface area (Å²) in [5.41, 5.74) is 1.16. The third-order valence-corrected chi connectivity index (χ3v) is 3.74. The molecular formula is C11H21N3S. The number of rotatable bonds is 5. The molecule has 0 aliphatic carbocycles. The van der Waals surface area contributed by atoms with Crippen molar-refractivity contribution in [1.82, 2.24) is 10.3 Å². The molecule has 0 atom stereocenters. The number of aryl methyl sites for hydroxylation is 1. The van der Waals surface area contributed by atoms with Crippen molar-refractivity contribution in [2.75, 3.05) is 18.5 Å². The number of hydrogen-bond acceptors (Lipinski definition) is 4. The van der Waals surface area contributed by atoms with Crippen LogP contribution in [0, 0.1) is 6.92 Å². The topological polar surface area (TPSA) is 28.2 Å². The van der Waals surface area contributed by atoms with Crippen molar-refractivity contribution < 1.29 is 0 Å². The van der Waals surface area contributed by atoms with Gasteiger partial charge in [0.15, 0.2) is 5.13 Å². The van der Waals surface area contributed by atoms with Crippen LogP contribution in [0.3, 0.4) is 0 Å². The zero-order valence-electron chi connectivity index (χ0n) is 10.3. The van der Waals surface area contributed by atoms with Gasteiger partial charge in [-0.2, -0.15) is 0 Å². The molecule has 1 N–H and O–H groups in total. The van der Waals surface area contributed by atoms with Crippen molar-refractivity contribution >= 4 is 16.5 Å². The fourth-order valence-electron chi connectivity index (χ4n) is 1.19. The maximum Gasteiger partial charge on any atom is 0.185 e. The highest BCUT2D eigenvalue weighted by atomic mass is 32.1. The van der Waals surface area contributed by atoms with E-state index >= 15 is 0 Å². The summed E-state index contributed by atoms with van der Waals surface area (Å²) in [4.78, 5) is 8.15. The lowest BCUT2D eigenvalue weighted by Gasteiger charge is -2.19. The third-order valence-electron chi connectivity index (χ3n) is 2.49. The lowest BCUT2D eigenvalue weighted by atomic mass is 10.4. The van der Waals surface area contributed by atoms with Crippen LogP contribution >= 0.6 is 11.3 Å². The Kier molecular flexibility index (Phi) is 4.54. The van der Waals surface area contributed by atoms with Crippen LogP contribution in [0.5, 0.6) is 0 Å². The van der Waals surface area contributed by atoms with Gasteiger partial charge in [-0.3, -0.25) is 0 Å². The average Bonchev–Trinajstić information content (AvgIpc) is 2.55. The fourth-order valence-corrected chi connectivity index (χ4v) is 2.31. The van der Waals surface area contributed by atoms with Crippen LogP contribution in [0.1, 0.15) is 31.3 Å². The van der Waals surface area contributed by atoms with E-state index < -0.39 is 0 Å². The molecule has 0 saturated heterocycles. The average molecular weight is 227 g/mol. The van der Waals surface area contributed by atoms with Crippen LogP contribution in [-0.4, -0.2) is 24.6 Å². The Morgan fingerprint density at radius 2 is 2.13 bits per heavy atom. The Hall–Kier alpha value is -0.610. The van der Waals surface area contributed by atoms with Gasteiger partial charge in [-0.05, 0) is 27.3 Å². The van der Waals surface area contributed by atoms with E-state index in [1.807, 2.05) is 0 Å². The van der Waals surface area contributed by atoms with Crippen molar-refractivity contribution in [2.24, 2.45) is 0 Å². The molecule has 0 radical (unpaired) electrons.